The number of benzene rings is 1. The zero-order chi connectivity index (χ0) is 15.4. The van der Waals surface area contributed by atoms with Gasteiger partial charge in [0.05, 0.1) is 17.1 Å². The maximum atomic E-state index is 10.8. The van der Waals surface area contributed by atoms with E-state index in [4.69, 9.17) is 5.11 Å². The van der Waals surface area contributed by atoms with Crippen molar-refractivity contribution in [2.75, 3.05) is 5.75 Å². The predicted octanol–water partition coefficient (Wildman–Crippen LogP) is 3.56. The largest absolute Gasteiger partial charge is 0.481 e. The summed E-state index contributed by atoms with van der Waals surface area (Å²) in [6.07, 6.45) is 0.888. The van der Waals surface area contributed by atoms with Crippen LogP contribution in [-0.2, 0) is 11.2 Å². The van der Waals surface area contributed by atoms with Gasteiger partial charge in [0.1, 0.15) is 5.03 Å². The monoisotopic (exact) mass is 304 g/mol. The summed E-state index contributed by atoms with van der Waals surface area (Å²) in [5.74, 6) is -0.260. The maximum absolute atomic E-state index is 10.8. The summed E-state index contributed by atoms with van der Waals surface area (Å²) in [5, 5.41) is 14.4. The molecule has 2 rings (SSSR count). The highest BCUT2D eigenvalue weighted by Gasteiger charge is 2.13. The van der Waals surface area contributed by atoms with Crippen molar-refractivity contribution in [1.82, 2.24) is 9.78 Å². The second kappa shape index (κ2) is 6.80. The standard InChI is InChI=1S/C16H20N2O2S/c1-11(2)8-13-9-15(21-10-16(19)20)18(17-13)14-7-5-4-6-12(14)3/h4-7,9,11H,8,10H2,1-3H3,(H,19,20). The van der Waals surface area contributed by atoms with Crippen molar-refractivity contribution in [1.29, 1.82) is 0 Å². The van der Waals surface area contributed by atoms with Gasteiger partial charge in [-0.05, 0) is 37.0 Å². The van der Waals surface area contributed by atoms with Crippen LogP contribution in [0.2, 0.25) is 0 Å². The Labute approximate surface area is 129 Å². The Morgan fingerprint density at radius 2 is 2.10 bits per heavy atom. The molecule has 0 bridgehead atoms. The lowest BCUT2D eigenvalue weighted by atomic mass is 10.1. The van der Waals surface area contributed by atoms with Crippen LogP contribution in [-0.4, -0.2) is 26.6 Å². The van der Waals surface area contributed by atoms with E-state index < -0.39 is 5.97 Å². The minimum Gasteiger partial charge on any atom is -0.481 e. The molecule has 0 aliphatic heterocycles. The molecule has 1 aromatic carbocycles. The third-order valence-corrected chi connectivity index (χ3v) is 4.01. The van der Waals surface area contributed by atoms with Crippen molar-refractivity contribution >= 4 is 17.7 Å². The van der Waals surface area contributed by atoms with Gasteiger partial charge in [0, 0.05) is 0 Å². The van der Waals surface area contributed by atoms with E-state index in [-0.39, 0.29) is 5.75 Å². The van der Waals surface area contributed by atoms with E-state index in [0.29, 0.717) is 5.92 Å². The van der Waals surface area contributed by atoms with Crippen LogP contribution in [0.5, 0.6) is 0 Å². The number of nitrogens with zero attached hydrogens (tertiary/aromatic N) is 2. The van der Waals surface area contributed by atoms with Gasteiger partial charge in [-0.2, -0.15) is 5.10 Å². The fourth-order valence-corrected chi connectivity index (χ4v) is 2.89. The van der Waals surface area contributed by atoms with Crippen LogP contribution < -0.4 is 0 Å². The fraction of sp³-hybridized carbons (Fsp3) is 0.375. The summed E-state index contributed by atoms with van der Waals surface area (Å²) < 4.78 is 1.86. The van der Waals surface area contributed by atoms with Crippen LogP contribution in [0.3, 0.4) is 0 Å². The van der Waals surface area contributed by atoms with E-state index in [2.05, 4.69) is 18.9 Å². The Hall–Kier alpha value is -1.75. The number of aryl methyl sites for hydroxylation is 1. The second-order valence-electron chi connectivity index (χ2n) is 5.45. The predicted molar refractivity (Wildman–Crippen MR) is 85.2 cm³/mol. The molecule has 0 saturated carbocycles. The summed E-state index contributed by atoms with van der Waals surface area (Å²) in [6.45, 7) is 6.33. The molecule has 0 spiro atoms. The smallest absolute Gasteiger partial charge is 0.313 e. The number of aromatic nitrogens is 2. The molecule has 1 heterocycles. The SMILES string of the molecule is Cc1ccccc1-n1nc(CC(C)C)cc1SCC(=O)O. The van der Waals surface area contributed by atoms with Crippen LogP contribution in [0.1, 0.15) is 25.1 Å². The lowest BCUT2D eigenvalue weighted by molar-refractivity contribution is -0.133. The average Bonchev–Trinajstić information content (AvgIpc) is 2.78. The number of para-hydroxylation sites is 1. The van der Waals surface area contributed by atoms with E-state index in [9.17, 15) is 4.79 Å². The van der Waals surface area contributed by atoms with Crippen molar-refractivity contribution < 1.29 is 9.90 Å². The first-order chi connectivity index (χ1) is 9.97. The summed E-state index contributed by atoms with van der Waals surface area (Å²) in [5.41, 5.74) is 3.12. The van der Waals surface area contributed by atoms with Gasteiger partial charge in [-0.1, -0.05) is 43.8 Å². The highest BCUT2D eigenvalue weighted by atomic mass is 32.2. The molecule has 0 unspecified atom stereocenters. The lowest BCUT2D eigenvalue weighted by Gasteiger charge is -2.09. The maximum Gasteiger partial charge on any atom is 0.313 e. The molecule has 1 N–H and O–H groups in total. The van der Waals surface area contributed by atoms with Gasteiger partial charge in [-0.3, -0.25) is 4.79 Å². The van der Waals surface area contributed by atoms with Crippen LogP contribution in [0.4, 0.5) is 0 Å². The van der Waals surface area contributed by atoms with Crippen LogP contribution in [0.25, 0.3) is 5.69 Å². The van der Waals surface area contributed by atoms with Crippen molar-refractivity contribution in [3.05, 3.63) is 41.6 Å². The number of carboxylic acids is 1. The van der Waals surface area contributed by atoms with Crippen molar-refractivity contribution in [3.8, 4) is 5.69 Å². The molecule has 0 amide bonds. The first kappa shape index (κ1) is 15.6. The van der Waals surface area contributed by atoms with E-state index in [0.717, 1.165) is 28.4 Å². The van der Waals surface area contributed by atoms with Gasteiger partial charge in [-0.25, -0.2) is 4.68 Å². The topological polar surface area (TPSA) is 55.1 Å². The molecule has 0 aliphatic rings. The minimum atomic E-state index is -0.817. The van der Waals surface area contributed by atoms with Gasteiger partial charge in [0.2, 0.25) is 0 Å². The normalized spacial score (nSPS) is 11.0. The molecule has 5 heteroatoms. The Bertz CT molecular complexity index is 635. The van der Waals surface area contributed by atoms with Crippen molar-refractivity contribution in [2.24, 2.45) is 5.92 Å². The molecule has 4 nitrogen and oxygen atoms in total. The van der Waals surface area contributed by atoms with E-state index >= 15 is 0 Å². The third-order valence-electron chi connectivity index (χ3n) is 3.03. The number of thioether (sulfide) groups is 1. The van der Waals surface area contributed by atoms with Gasteiger partial charge in [-0.15, -0.1) is 0 Å². The molecule has 0 saturated heterocycles. The first-order valence-corrected chi connectivity index (χ1v) is 7.95. The zero-order valence-corrected chi connectivity index (χ0v) is 13.4. The Kier molecular flexibility index (Phi) is 5.07. The van der Waals surface area contributed by atoms with Gasteiger partial charge >= 0.3 is 5.97 Å². The summed E-state index contributed by atoms with van der Waals surface area (Å²) in [6, 6.07) is 10.00. The van der Waals surface area contributed by atoms with Gasteiger partial charge in [0.15, 0.2) is 0 Å². The molecule has 1 aromatic heterocycles. The number of carbonyl (C=O) groups is 1. The number of rotatable bonds is 6. The number of carboxylic acid groups (broad SMARTS) is 1. The second-order valence-corrected chi connectivity index (χ2v) is 6.45. The fourth-order valence-electron chi connectivity index (χ4n) is 2.14. The molecule has 0 radical (unpaired) electrons. The van der Waals surface area contributed by atoms with Crippen LogP contribution >= 0.6 is 11.8 Å². The van der Waals surface area contributed by atoms with Crippen molar-refractivity contribution in [2.45, 2.75) is 32.2 Å². The molecule has 21 heavy (non-hydrogen) atoms. The van der Waals surface area contributed by atoms with Crippen LogP contribution in [0.15, 0.2) is 35.4 Å². The third kappa shape index (κ3) is 4.11. The minimum absolute atomic E-state index is 0.0404. The van der Waals surface area contributed by atoms with Gasteiger partial charge in [0.25, 0.3) is 0 Å². The molecule has 2 aromatic rings. The number of hydrogen-bond donors (Lipinski definition) is 1. The molecule has 0 aliphatic carbocycles. The van der Waals surface area contributed by atoms with Crippen LogP contribution in [0, 0.1) is 12.8 Å². The Morgan fingerprint density at radius 1 is 1.38 bits per heavy atom. The van der Waals surface area contributed by atoms with E-state index in [1.165, 1.54) is 11.8 Å². The number of aliphatic carboxylic acids is 1. The Balaban J connectivity index is 2.39. The van der Waals surface area contributed by atoms with Gasteiger partial charge < -0.3 is 5.11 Å². The molecule has 0 atom stereocenters. The average molecular weight is 304 g/mol. The number of hydrogen-bond acceptors (Lipinski definition) is 3. The quantitative estimate of drug-likeness (QED) is 0.829. The highest BCUT2D eigenvalue weighted by Crippen LogP contribution is 2.25. The Morgan fingerprint density at radius 3 is 2.71 bits per heavy atom. The summed E-state index contributed by atoms with van der Waals surface area (Å²) in [4.78, 5) is 10.8. The lowest BCUT2D eigenvalue weighted by Crippen LogP contribution is -2.04. The highest BCUT2D eigenvalue weighted by molar-refractivity contribution is 7.99. The molecule has 112 valence electrons. The summed E-state index contributed by atoms with van der Waals surface area (Å²) >= 11 is 1.31. The molecule has 0 fully saturated rings. The summed E-state index contributed by atoms with van der Waals surface area (Å²) in [7, 11) is 0. The zero-order valence-electron chi connectivity index (χ0n) is 12.5. The molecular formula is C16H20N2O2S. The van der Waals surface area contributed by atoms with Crippen molar-refractivity contribution in [3.63, 3.8) is 0 Å². The molecular weight excluding hydrogens is 284 g/mol. The van der Waals surface area contributed by atoms with E-state index in [1.807, 2.05) is 41.9 Å². The first-order valence-electron chi connectivity index (χ1n) is 6.97. The van der Waals surface area contributed by atoms with E-state index in [1.54, 1.807) is 0 Å².